The van der Waals surface area contributed by atoms with Gasteiger partial charge in [0.05, 0.1) is 0 Å². The van der Waals surface area contributed by atoms with Crippen LogP contribution < -0.4 is 0 Å². The molecular weight excluding hydrogens is 173 g/mol. The van der Waals surface area contributed by atoms with Gasteiger partial charge in [0, 0.05) is 0 Å². The van der Waals surface area contributed by atoms with E-state index >= 15 is 0 Å². The van der Waals surface area contributed by atoms with E-state index in [1.165, 1.54) is 0 Å². The normalized spacial score (nSPS) is 7.43. The molecule has 0 N–H and O–H groups in total. The number of rotatable bonds is 0. The zero-order valence-corrected chi connectivity index (χ0v) is 7.64. The average Bonchev–Trinajstić information content (AvgIpc) is 1.33. The second kappa shape index (κ2) is 9.70. The Hall–Kier alpha value is 0.493. The summed E-state index contributed by atoms with van der Waals surface area (Å²) in [5.74, 6) is 4.50. The average molecular weight is 182 g/mol. The van der Waals surface area contributed by atoms with Crippen LogP contribution in [0.3, 0.4) is 0 Å². The monoisotopic (exact) mass is 183 g/mol. The fraction of sp³-hybridized carbons (Fsp3) is 1.00. The topological polar surface area (TPSA) is 34.1 Å². The minimum absolute atomic E-state index is 0.500. The first-order valence-corrected chi connectivity index (χ1v) is 7.42. The van der Waals surface area contributed by atoms with Gasteiger partial charge in [0.15, 0.2) is 0 Å². The summed E-state index contributed by atoms with van der Waals surface area (Å²) >= 11 is 0.500. The van der Waals surface area contributed by atoms with Crippen molar-refractivity contribution in [2.75, 3.05) is 6.26 Å². The van der Waals surface area contributed by atoms with E-state index in [0.29, 0.717) is 15.4 Å². The van der Waals surface area contributed by atoms with E-state index < -0.39 is 10.7 Å². The maximum absolute atomic E-state index is 9.00. The van der Waals surface area contributed by atoms with Gasteiger partial charge in [-0.05, 0) is 0 Å². The van der Waals surface area contributed by atoms with E-state index in [4.69, 9.17) is 8.42 Å². The molecule has 0 aliphatic carbocycles. The molecule has 0 bridgehead atoms. The van der Waals surface area contributed by atoms with Gasteiger partial charge in [-0.2, -0.15) is 0 Å². The van der Waals surface area contributed by atoms with Crippen LogP contribution in [0.25, 0.3) is 0 Å². The van der Waals surface area contributed by atoms with Crippen molar-refractivity contribution in [1.82, 2.24) is 0 Å². The van der Waals surface area contributed by atoms with Crippen molar-refractivity contribution in [2.45, 2.75) is 11.5 Å². The van der Waals surface area contributed by atoms with Gasteiger partial charge in [0.25, 0.3) is 0 Å². The van der Waals surface area contributed by atoms with Crippen molar-refractivity contribution in [3.63, 3.8) is 0 Å². The molecule has 0 aromatic rings. The summed E-state index contributed by atoms with van der Waals surface area (Å²) in [7, 11) is -1.86. The summed E-state index contributed by atoms with van der Waals surface area (Å²) in [6.07, 6.45) is 1.08. The van der Waals surface area contributed by atoms with Crippen molar-refractivity contribution in [3.8, 4) is 0 Å². The van der Waals surface area contributed by atoms with Crippen molar-refractivity contribution in [1.29, 1.82) is 0 Å². The molecule has 0 aromatic heterocycles. The van der Waals surface area contributed by atoms with Gasteiger partial charge in [-0.1, -0.05) is 17.0 Å². The van der Waals surface area contributed by atoms with E-state index in [0.717, 1.165) is 6.26 Å². The summed E-state index contributed by atoms with van der Waals surface area (Å²) in [4.78, 5) is 0. The van der Waals surface area contributed by atoms with Crippen LogP contribution in [0.5, 0.6) is 0 Å². The summed E-state index contributed by atoms with van der Waals surface area (Å²) in [6.45, 7) is 0. The van der Waals surface area contributed by atoms with Gasteiger partial charge in [0.1, 0.15) is 0 Å². The van der Waals surface area contributed by atoms with Crippen molar-refractivity contribution in [2.24, 2.45) is 0 Å². The molecule has 0 aliphatic rings. The zero-order chi connectivity index (χ0) is 6.28. The Labute approximate surface area is 52.7 Å². The molecule has 2 radical (unpaired) electrons. The summed E-state index contributed by atoms with van der Waals surface area (Å²) in [5, 5.41) is 0. The predicted octanol–water partition coefficient (Wildman–Crippen LogP) is 0.712. The Morgan fingerprint density at radius 3 is 1.29 bits per heavy atom. The standard InChI is InChI=1S/C2H6Ge.CH3O2S/c1-3-2;1-4(2)3/h1-2H3;1H3/q;-1. The molecule has 0 spiro atoms. The first kappa shape index (κ1) is 10.5. The van der Waals surface area contributed by atoms with Crippen LogP contribution in [-0.4, -0.2) is 21.7 Å². The quantitative estimate of drug-likeness (QED) is 0.408. The molecule has 2 nitrogen and oxygen atoms in total. The van der Waals surface area contributed by atoms with E-state index in [1.54, 1.807) is 0 Å². The third-order valence-electron chi connectivity index (χ3n) is 0. The molecule has 4 heteroatoms. The molecule has 44 valence electrons. The number of hydrogen-bond donors (Lipinski definition) is 0. The van der Waals surface area contributed by atoms with E-state index in [-0.39, 0.29) is 0 Å². The molecule has 0 amide bonds. The molecule has 0 aromatic carbocycles. The van der Waals surface area contributed by atoms with Crippen LogP contribution >= 0.6 is 0 Å². The molecule has 7 heavy (non-hydrogen) atoms. The van der Waals surface area contributed by atoms with Crippen LogP contribution in [0.2, 0.25) is 11.5 Å². The Bertz CT molecular complexity index is 71.0. The fourth-order valence-corrected chi connectivity index (χ4v) is 0. The second-order valence-corrected chi connectivity index (χ2v) is 3.80. The van der Waals surface area contributed by atoms with Crippen molar-refractivity contribution < 1.29 is 8.42 Å². The molecule has 0 rings (SSSR count). The first-order chi connectivity index (χ1) is 3.15. The van der Waals surface area contributed by atoms with E-state index in [1.807, 2.05) is 0 Å². The molecule has 0 fully saturated rings. The van der Waals surface area contributed by atoms with E-state index in [2.05, 4.69) is 11.5 Å². The SMILES string of the molecule is C[S-](=O)=O.[CH3][Ge][CH3]. The molecule has 0 atom stereocenters. The van der Waals surface area contributed by atoms with Gasteiger partial charge >= 0.3 is 26.9 Å². The van der Waals surface area contributed by atoms with Gasteiger partial charge in [-0.15, -0.1) is 0 Å². The van der Waals surface area contributed by atoms with Crippen LogP contribution in [0, 0.1) is 0 Å². The molecule has 0 unspecified atom stereocenters. The van der Waals surface area contributed by atoms with Gasteiger partial charge in [-0.3, -0.25) is 0 Å². The predicted molar refractivity (Wildman–Crippen MR) is 32.1 cm³/mol. The molecule has 0 saturated carbocycles. The Morgan fingerprint density at radius 2 is 1.29 bits per heavy atom. The van der Waals surface area contributed by atoms with Crippen LogP contribution in [0.4, 0.5) is 0 Å². The Kier molecular flexibility index (Phi) is 14.5. The van der Waals surface area contributed by atoms with Crippen LogP contribution in [0.1, 0.15) is 0 Å². The summed E-state index contributed by atoms with van der Waals surface area (Å²) in [5.41, 5.74) is 0. The minimum atomic E-state index is -1.86. The third kappa shape index (κ3) is 540. The van der Waals surface area contributed by atoms with E-state index in [9.17, 15) is 0 Å². The third-order valence-corrected chi connectivity index (χ3v) is 0. The number of hydrogen-bond acceptors (Lipinski definition) is 3. The van der Waals surface area contributed by atoms with Crippen molar-refractivity contribution >= 4 is 26.1 Å². The van der Waals surface area contributed by atoms with Gasteiger partial charge in [-0.25, -0.2) is 0 Å². The fourth-order valence-electron chi connectivity index (χ4n) is 0. The molecular formula is C3H9GeO2S-. The summed E-state index contributed by atoms with van der Waals surface area (Å²) in [6, 6.07) is 0. The molecule has 0 heterocycles. The molecule has 0 aliphatic heterocycles. The maximum atomic E-state index is 9.00. The van der Waals surface area contributed by atoms with Crippen molar-refractivity contribution in [3.05, 3.63) is 0 Å². The van der Waals surface area contributed by atoms with Gasteiger partial charge < -0.3 is 8.42 Å². The van der Waals surface area contributed by atoms with Crippen LogP contribution in [-0.2, 0) is 19.1 Å². The summed E-state index contributed by atoms with van der Waals surface area (Å²) < 4.78 is 18.0. The zero-order valence-electron chi connectivity index (χ0n) is 4.72. The van der Waals surface area contributed by atoms with Gasteiger partial charge in [0.2, 0.25) is 0 Å². The molecule has 0 saturated heterocycles. The second-order valence-electron chi connectivity index (χ2n) is 0.901. The van der Waals surface area contributed by atoms with Crippen LogP contribution in [0.15, 0.2) is 0 Å². The Balaban J connectivity index is 0. The first-order valence-electron chi connectivity index (χ1n) is 1.74. The Morgan fingerprint density at radius 1 is 1.29 bits per heavy atom.